The van der Waals surface area contributed by atoms with Crippen molar-refractivity contribution in [2.45, 2.75) is 32.6 Å². The molecule has 0 heterocycles. The third kappa shape index (κ3) is 4.09. The van der Waals surface area contributed by atoms with E-state index in [2.05, 4.69) is 109 Å². The van der Waals surface area contributed by atoms with Crippen LogP contribution in [0.1, 0.15) is 31.7 Å². The maximum absolute atomic E-state index is 2.37. The highest BCUT2D eigenvalue weighted by Gasteiger charge is 2.15. The van der Waals surface area contributed by atoms with E-state index in [1.54, 1.807) is 0 Å². The van der Waals surface area contributed by atoms with Crippen molar-refractivity contribution in [1.29, 1.82) is 0 Å². The van der Waals surface area contributed by atoms with Gasteiger partial charge in [0.15, 0.2) is 0 Å². The second-order valence-electron chi connectivity index (χ2n) is 7.29. The molecule has 1 aliphatic carbocycles. The van der Waals surface area contributed by atoms with E-state index in [0.717, 1.165) is 19.3 Å². The smallest absolute Gasteiger partial charge is 0.0458 e. The molecule has 0 atom stereocenters. The highest BCUT2D eigenvalue weighted by molar-refractivity contribution is 5.72. The van der Waals surface area contributed by atoms with Gasteiger partial charge in [-0.1, -0.05) is 80.1 Å². The van der Waals surface area contributed by atoms with Gasteiger partial charge in [0, 0.05) is 17.1 Å². The fourth-order valence-electron chi connectivity index (χ4n) is 3.79. The molecule has 0 unspecified atom stereocenters. The van der Waals surface area contributed by atoms with Crippen LogP contribution in [0.3, 0.4) is 0 Å². The summed E-state index contributed by atoms with van der Waals surface area (Å²) in [6.07, 6.45) is 11.1. The first-order valence-electron chi connectivity index (χ1n) is 10.3. The molecule has 3 aromatic rings. The zero-order valence-corrected chi connectivity index (χ0v) is 16.5. The number of para-hydroxylation sites is 1. The Morgan fingerprint density at radius 1 is 0.750 bits per heavy atom. The maximum atomic E-state index is 2.37. The van der Waals surface area contributed by atoms with Gasteiger partial charge in [-0.15, -0.1) is 0 Å². The van der Waals surface area contributed by atoms with Crippen LogP contribution in [0.5, 0.6) is 0 Å². The van der Waals surface area contributed by atoms with E-state index in [0.29, 0.717) is 0 Å². The number of anilines is 2. The maximum Gasteiger partial charge on any atom is 0.0458 e. The number of hydrogen-bond acceptors (Lipinski definition) is 1. The quantitative estimate of drug-likeness (QED) is 0.433. The van der Waals surface area contributed by atoms with Gasteiger partial charge in [0.05, 0.1) is 0 Å². The van der Waals surface area contributed by atoms with Crippen LogP contribution in [-0.2, 0) is 6.42 Å². The SMILES string of the molecule is CCCc1ccc(-c2ccc(N(C3=CC=CCC3)c3ccccc3)cc2)cc1. The van der Waals surface area contributed by atoms with Gasteiger partial charge in [0.25, 0.3) is 0 Å². The van der Waals surface area contributed by atoms with Crippen LogP contribution >= 0.6 is 0 Å². The molecule has 0 spiro atoms. The number of benzene rings is 3. The average Bonchev–Trinajstić information content (AvgIpc) is 2.77. The average molecular weight is 366 g/mol. The first kappa shape index (κ1) is 18.3. The van der Waals surface area contributed by atoms with Gasteiger partial charge in [0.2, 0.25) is 0 Å². The second kappa shape index (κ2) is 8.75. The van der Waals surface area contributed by atoms with Crippen LogP contribution in [0.15, 0.2) is 103 Å². The zero-order valence-electron chi connectivity index (χ0n) is 16.5. The lowest BCUT2D eigenvalue weighted by atomic mass is 10.0. The molecule has 0 aliphatic heterocycles. The van der Waals surface area contributed by atoms with Crippen molar-refractivity contribution in [2.24, 2.45) is 0 Å². The standard InChI is InChI=1S/C27H27N/c1-2-9-22-14-16-23(17-15-22)24-18-20-27(21-19-24)28(25-10-5-3-6-11-25)26-12-7-4-8-13-26/h3-7,10-12,14-21H,2,8-9,13H2,1H3. The highest BCUT2D eigenvalue weighted by Crippen LogP contribution is 2.34. The first-order valence-corrected chi connectivity index (χ1v) is 10.3. The molecule has 1 nitrogen and oxygen atoms in total. The number of rotatable bonds is 6. The van der Waals surface area contributed by atoms with Gasteiger partial charge in [-0.2, -0.15) is 0 Å². The summed E-state index contributed by atoms with van der Waals surface area (Å²) in [4.78, 5) is 2.37. The number of hydrogen-bond donors (Lipinski definition) is 0. The molecule has 0 N–H and O–H groups in total. The Morgan fingerprint density at radius 2 is 1.39 bits per heavy atom. The van der Waals surface area contributed by atoms with Crippen LogP contribution in [-0.4, -0.2) is 0 Å². The lowest BCUT2D eigenvalue weighted by Crippen LogP contribution is -2.17. The Bertz CT molecular complexity index is 947. The molecule has 0 amide bonds. The minimum absolute atomic E-state index is 1.06. The van der Waals surface area contributed by atoms with Crippen molar-refractivity contribution in [3.63, 3.8) is 0 Å². The molecule has 0 aromatic heterocycles. The molecule has 0 saturated carbocycles. The summed E-state index contributed by atoms with van der Waals surface area (Å²) >= 11 is 0. The van der Waals surface area contributed by atoms with Gasteiger partial charge in [-0.3, -0.25) is 0 Å². The van der Waals surface area contributed by atoms with Crippen LogP contribution in [0, 0.1) is 0 Å². The van der Waals surface area contributed by atoms with E-state index in [9.17, 15) is 0 Å². The third-order valence-corrected chi connectivity index (χ3v) is 5.24. The molecule has 140 valence electrons. The van der Waals surface area contributed by atoms with Crippen LogP contribution in [0.2, 0.25) is 0 Å². The van der Waals surface area contributed by atoms with Crippen LogP contribution in [0.4, 0.5) is 11.4 Å². The fraction of sp³-hybridized carbons (Fsp3) is 0.185. The topological polar surface area (TPSA) is 3.24 Å². The molecular formula is C27H27N. The fourth-order valence-corrected chi connectivity index (χ4v) is 3.79. The largest absolute Gasteiger partial charge is 0.314 e. The van der Waals surface area contributed by atoms with Gasteiger partial charge < -0.3 is 4.90 Å². The Hall–Kier alpha value is -3.06. The minimum atomic E-state index is 1.06. The van der Waals surface area contributed by atoms with Crippen LogP contribution < -0.4 is 4.90 Å². The van der Waals surface area contributed by atoms with Crippen LogP contribution in [0.25, 0.3) is 11.1 Å². The molecule has 3 aromatic carbocycles. The molecule has 28 heavy (non-hydrogen) atoms. The molecule has 0 bridgehead atoms. The molecule has 1 aliphatic rings. The molecule has 1 heteroatoms. The molecule has 0 fully saturated rings. The summed E-state index contributed by atoms with van der Waals surface area (Å²) in [5, 5.41) is 0. The summed E-state index contributed by atoms with van der Waals surface area (Å²) in [5.74, 6) is 0. The Balaban J connectivity index is 1.64. The third-order valence-electron chi connectivity index (χ3n) is 5.24. The van der Waals surface area contributed by atoms with Crippen molar-refractivity contribution < 1.29 is 0 Å². The number of allylic oxidation sites excluding steroid dienone is 4. The first-order chi connectivity index (χ1) is 13.8. The van der Waals surface area contributed by atoms with E-state index in [1.165, 1.54) is 40.2 Å². The van der Waals surface area contributed by atoms with Crippen molar-refractivity contribution in [3.05, 3.63) is 108 Å². The summed E-state index contributed by atoms with van der Waals surface area (Å²) < 4.78 is 0. The van der Waals surface area contributed by atoms with Gasteiger partial charge in [-0.25, -0.2) is 0 Å². The van der Waals surface area contributed by atoms with Gasteiger partial charge in [-0.05, 0) is 66.3 Å². The van der Waals surface area contributed by atoms with E-state index in [-0.39, 0.29) is 0 Å². The number of aryl methyl sites for hydroxylation is 1. The highest BCUT2D eigenvalue weighted by atomic mass is 15.1. The summed E-state index contributed by atoms with van der Waals surface area (Å²) in [6.45, 7) is 2.22. The predicted molar refractivity (Wildman–Crippen MR) is 121 cm³/mol. The van der Waals surface area contributed by atoms with E-state index in [1.807, 2.05) is 0 Å². The minimum Gasteiger partial charge on any atom is -0.314 e. The number of nitrogens with zero attached hydrogens (tertiary/aromatic N) is 1. The van der Waals surface area contributed by atoms with E-state index >= 15 is 0 Å². The second-order valence-corrected chi connectivity index (χ2v) is 7.29. The Kier molecular flexibility index (Phi) is 5.72. The monoisotopic (exact) mass is 365 g/mol. The lowest BCUT2D eigenvalue weighted by Gasteiger charge is -2.29. The van der Waals surface area contributed by atoms with Crippen molar-refractivity contribution in [2.75, 3.05) is 4.90 Å². The summed E-state index contributed by atoms with van der Waals surface area (Å²) in [5.41, 5.74) is 7.70. The van der Waals surface area contributed by atoms with Crippen molar-refractivity contribution in [1.82, 2.24) is 0 Å². The van der Waals surface area contributed by atoms with Crippen molar-refractivity contribution in [3.8, 4) is 11.1 Å². The molecule has 0 radical (unpaired) electrons. The van der Waals surface area contributed by atoms with E-state index < -0.39 is 0 Å². The van der Waals surface area contributed by atoms with Gasteiger partial charge >= 0.3 is 0 Å². The molecule has 4 rings (SSSR count). The Morgan fingerprint density at radius 3 is 2.00 bits per heavy atom. The van der Waals surface area contributed by atoms with E-state index in [4.69, 9.17) is 0 Å². The lowest BCUT2D eigenvalue weighted by molar-refractivity contribution is 0.917. The Labute approximate surface area is 168 Å². The summed E-state index contributed by atoms with van der Waals surface area (Å²) in [6, 6.07) is 28.6. The normalized spacial score (nSPS) is 13.2. The predicted octanol–water partition coefficient (Wildman–Crippen LogP) is 7.68. The van der Waals surface area contributed by atoms with Gasteiger partial charge in [0.1, 0.15) is 0 Å². The zero-order chi connectivity index (χ0) is 19.2. The van der Waals surface area contributed by atoms with Crippen molar-refractivity contribution >= 4 is 11.4 Å². The summed E-state index contributed by atoms with van der Waals surface area (Å²) in [7, 11) is 0. The molecule has 0 saturated heterocycles. The molecular weight excluding hydrogens is 338 g/mol.